The molecule has 110 valence electrons. The number of amides is 1. The van der Waals surface area contributed by atoms with Crippen LogP contribution in [0.15, 0.2) is 17.6 Å². The normalized spacial score (nSPS) is 12.8. The Morgan fingerprint density at radius 2 is 2.29 bits per heavy atom. The number of carboxylic acid groups (broad SMARTS) is 1. The summed E-state index contributed by atoms with van der Waals surface area (Å²) in [7, 11) is 0. The number of hydrogen-bond donors (Lipinski definition) is 3. The predicted molar refractivity (Wildman–Crippen MR) is 79.0 cm³/mol. The Labute approximate surface area is 126 Å². The van der Waals surface area contributed by atoms with E-state index in [2.05, 4.69) is 10.3 Å². The number of carbonyl (C=O) groups is 2. The van der Waals surface area contributed by atoms with Gasteiger partial charge in [0.05, 0.1) is 10.4 Å². The van der Waals surface area contributed by atoms with Gasteiger partial charge in [-0.1, -0.05) is 0 Å². The molecule has 0 aromatic carbocycles. The maximum Gasteiger partial charge on any atom is 0.326 e. The van der Waals surface area contributed by atoms with Crippen LogP contribution in [0.4, 0.5) is 0 Å². The van der Waals surface area contributed by atoms with Crippen molar-refractivity contribution in [3.63, 3.8) is 0 Å². The number of aliphatic carboxylic acids is 1. The van der Waals surface area contributed by atoms with Crippen LogP contribution in [-0.4, -0.2) is 44.1 Å². The molecule has 1 amide bonds. The molecule has 1 atom stereocenters. The van der Waals surface area contributed by atoms with Crippen molar-refractivity contribution in [3.8, 4) is 0 Å². The van der Waals surface area contributed by atoms with Gasteiger partial charge < -0.3 is 15.5 Å². The number of rotatable bonds is 5. The molecule has 0 aliphatic rings. The monoisotopic (exact) mass is 325 g/mol. The fourth-order valence-corrected chi connectivity index (χ4v) is 3.68. The van der Waals surface area contributed by atoms with Gasteiger partial charge in [-0.3, -0.25) is 9.20 Å². The number of aliphatic hydroxyl groups excluding tert-OH is 1. The lowest BCUT2D eigenvalue weighted by atomic mass is 10.2. The minimum Gasteiger partial charge on any atom is -0.480 e. The molecule has 3 aromatic heterocycles. The number of nitrogens with zero attached hydrogens (tertiary/aromatic N) is 2. The van der Waals surface area contributed by atoms with Gasteiger partial charge in [-0.2, -0.15) is 0 Å². The average molecular weight is 325 g/mol. The van der Waals surface area contributed by atoms with Crippen LogP contribution in [0.1, 0.15) is 16.1 Å². The molecule has 0 radical (unpaired) electrons. The number of nitrogens with one attached hydrogen (secondary N) is 1. The van der Waals surface area contributed by atoms with Crippen LogP contribution in [0.25, 0.3) is 15.3 Å². The molecule has 3 heterocycles. The summed E-state index contributed by atoms with van der Waals surface area (Å²) in [4.78, 5) is 29.5. The van der Waals surface area contributed by atoms with Gasteiger partial charge in [0.2, 0.25) is 0 Å². The smallest absolute Gasteiger partial charge is 0.326 e. The largest absolute Gasteiger partial charge is 0.480 e. The Balaban J connectivity index is 1.86. The molecular formula is C12H11N3O4S2. The second-order valence-corrected chi connectivity index (χ2v) is 6.25. The summed E-state index contributed by atoms with van der Waals surface area (Å²) in [6, 6.07) is 0.598. The van der Waals surface area contributed by atoms with E-state index in [1.54, 1.807) is 6.07 Å². The molecule has 0 saturated carbocycles. The molecule has 0 aliphatic carbocycles. The number of aliphatic hydroxyl groups is 1. The third-order valence-electron chi connectivity index (χ3n) is 2.98. The van der Waals surface area contributed by atoms with E-state index in [9.17, 15) is 9.59 Å². The fraction of sp³-hybridized carbons (Fsp3) is 0.250. The quantitative estimate of drug-likeness (QED) is 0.653. The van der Waals surface area contributed by atoms with Crippen LogP contribution >= 0.6 is 22.7 Å². The first kappa shape index (κ1) is 14.0. The maximum absolute atomic E-state index is 12.1. The number of imidazole rings is 1. The molecule has 0 bridgehead atoms. The third-order valence-corrected chi connectivity index (χ3v) is 4.76. The predicted octanol–water partition coefficient (Wildman–Crippen LogP) is 1.18. The van der Waals surface area contributed by atoms with Crippen LogP contribution in [0.2, 0.25) is 0 Å². The molecule has 1 unspecified atom stereocenters. The van der Waals surface area contributed by atoms with E-state index < -0.39 is 17.9 Å². The Hall–Kier alpha value is -1.97. The molecule has 0 fully saturated rings. The maximum atomic E-state index is 12.1. The summed E-state index contributed by atoms with van der Waals surface area (Å²) in [5, 5.41) is 22.1. The van der Waals surface area contributed by atoms with Gasteiger partial charge in [0.15, 0.2) is 4.96 Å². The van der Waals surface area contributed by atoms with E-state index >= 15 is 0 Å². The van der Waals surface area contributed by atoms with Crippen molar-refractivity contribution in [2.24, 2.45) is 0 Å². The highest BCUT2D eigenvalue weighted by Gasteiger charge is 2.22. The van der Waals surface area contributed by atoms with Crippen molar-refractivity contribution < 1.29 is 19.8 Å². The zero-order valence-corrected chi connectivity index (χ0v) is 12.3. The van der Waals surface area contributed by atoms with Crippen molar-refractivity contribution in [3.05, 3.63) is 22.5 Å². The van der Waals surface area contributed by atoms with Crippen LogP contribution in [0.5, 0.6) is 0 Å². The lowest BCUT2D eigenvalue weighted by molar-refractivity contribution is -0.139. The van der Waals surface area contributed by atoms with Crippen LogP contribution in [0.3, 0.4) is 0 Å². The summed E-state index contributed by atoms with van der Waals surface area (Å²) in [5.41, 5.74) is 0.829. The third kappa shape index (κ3) is 2.50. The fourth-order valence-electron chi connectivity index (χ4n) is 1.98. The first-order valence-corrected chi connectivity index (χ1v) is 7.79. The molecule has 0 spiro atoms. The van der Waals surface area contributed by atoms with Crippen LogP contribution in [-0.2, 0) is 4.79 Å². The lowest BCUT2D eigenvalue weighted by Gasteiger charge is -2.11. The SMILES string of the molecule is O=C(NC(CCO)C(=O)O)c1cc2c(nc3sccn32)s1. The Morgan fingerprint density at radius 1 is 1.48 bits per heavy atom. The van der Waals surface area contributed by atoms with E-state index in [0.29, 0.717) is 4.88 Å². The Bertz CT molecular complexity index is 819. The van der Waals surface area contributed by atoms with Crippen molar-refractivity contribution in [2.75, 3.05) is 6.61 Å². The van der Waals surface area contributed by atoms with Crippen molar-refractivity contribution >= 4 is 49.9 Å². The standard InChI is InChI=1S/C12H11N3O4S2/c16-3-1-6(11(18)19)13-9(17)8-5-7-10(21-8)14-12-15(7)2-4-20-12/h2,4-6,16H,1,3H2,(H,13,17)(H,18,19). The molecule has 3 rings (SSSR count). The minimum atomic E-state index is -1.17. The Morgan fingerprint density at radius 3 is 3.00 bits per heavy atom. The van der Waals surface area contributed by atoms with Gasteiger partial charge in [0.25, 0.3) is 5.91 Å². The number of thiophene rings is 1. The second kappa shape index (κ2) is 5.43. The lowest BCUT2D eigenvalue weighted by Crippen LogP contribution is -2.41. The molecule has 0 saturated heterocycles. The number of carbonyl (C=O) groups excluding carboxylic acids is 1. The molecule has 9 heteroatoms. The highest BCUT2D eigenvalue weighted by atomic mass is 32.1. The van der Waals surface area contributed by atoms with Gasteiger partial charge >= 0.3 is 5.97 Å². The van der Waals surface area contributed by atoms with Crippen molar-refractivity contribution in [1.82, 2.24) is 14.7 Å². The number of hydrogen-bond acceptors (Lipinski definition) is 6. The van der Waals surface area contributed by atoms with E-state index in [1.807, 2.05) is 16.0 Å². The second-order valence-electron chi connectivity index (χ2n) is 4.34. The Kier molecular flexibility index (Phi) is 3.62. The number of thiazole rings is 1. The molecule has 7 nitrogen and oxygen atoms in total. The molecular weight excluding hydrogens is 314 g/mol. The van der Waals surface area contributed by atoms with Gasteiger partial charge in [-0.25, -0.2) is 9.78 Å². The number of fused-ring (bicyclic) bond motifs is 3. The average Bonchev–Trinajstić information content (AvgIpc) is 3.08. The van der Waals surface area contributed by atoms with E-state index in [4.69, 9.17) is 10.2 Å². The highest BCUT2D eigenvalue weighted by Crippen LogP contribution is 2.28. The summed E-state index contributed by atoms with van der Waals surface area (Å²) >= 11 is 2.72. The van der Waals surface area contributed by atoms with Gasteiger partial charge in [0.1, 0.15) is 10.9 Å². The van der Waals surface area contributed by atoms with Crippen LogP contribution < -0.4 is 5.32 Å². The van der Waals surface area contributed by atoms with Crippen molar-refractivity contribution in [1.29, 1.82) is 0 Å². The van der Waals surface area contributed by atoms with Gasteiger partial charge in [-0.05, 0) is 6.07 Å². The number of aromatic nitrogens is 2. The zero-order chi connectivity index (χ0) is 15.0. The van der Waals surface area contributed by atoms with Crippen molar-refractivity contribution in [2.45, 2.75) is 12.5 Å². The van der Waals surface area contributed by atoms with Gasteiger partial charge in [-0.15, -0.1) is 22.7 Å². The molecule has 3 aromatic rings. The topological polar surface area (TPSA) is 104 Å². The molecule has 21 heavy (non-hydrogen) atoms. The first-order valence-electron chi connectivity index (χ1n) is 6.10. The highest BCUT2D eigenvalue weighted by molar-refractivity contribution is 7.21. The molecule has 3 N–H and O–H groups in total. The summed E-state index contributed by atoms with van der Waals surface area (Å²) < 4.78 is 1.88. The van der Waals surface area contributed by atoms with Gasteiger partial charge in [0, 0.05) is 24.6 Å². The summed E-state index contributed by atoms with van der Waals surface area (Å²) in [6.07, 6.45) is 1.84. The van der Waals surface area contributed by atoms with Crippen LogP contribution in [0, 0.1) is 0 Å². The summed E-state index contributed by atoms with van der Waals surface area (Å²) in [6.45, 7) is -0.304. The molecule has 0 aliphatic heterocycles. The minimum absolute atomic E-state index is 0.0278. The number of carboxylic acids is 1. The first-order chi connectivity index (χ1) is 10.1. The van der Waals surface area contributed by atoms with E-state index in [1.165, 1.54) is 22.7 Å². The van der Waals surface area contributed by atoms with E-state index in [0.717, 1.165) is 15.3 Å². The summed E-state index contributed by atoms with van der Waals surface area (Å²) in [5.74, 6) is -1.64. The zero-order valence-electron chi connectivity index (χ0n) is 10.6. The van der Waals surface area contributed by atoms with E-state index in [-0.39, 0.29) is 13.0 Å².